The summed E-state index contributed by atoms with van der Waals surface area (Å²) in [6.45, 7) is 5.91. The molecular formula is C25H32N6O3S. The molecule has 0 radical (unpaired) electrons. The second kappa shape index (κ2) is 8.69. The molecule has 2 aliphatic carbocycles. The van der Waals surface area contributed by atoms with Crippen LogP contribution in [0.3, 0.4) is 0 Å². The van der Waals surface area contributed by atoms with Crippen molar-refractivity contribution in [3.63, 3.8) is 0 Å². The first-order valence-corrected chi connectivity index (χ1v) is 13.4. The molecule has 10 heteroatoms. The highest BCUT2D eigenvalue weighted by atomic mass is 32.2. The van der Waals surface area contributed by atoms with E-state index in [0.717, 1.165) is 29.6 Å². The Balaban J connectivity index is 1.37. The molecule has 2 saturated carbocycles. The fourth-order valence-electron chi connectivity index (χ4n) is 5.52. The number of anilines is 1. The first-order valence-electron chi connectivity index (χ1n) is 12.4. The van der Waals surface area contributed by atoms with E-state index in [0.29, 0.717) is 29.5 Å². The first kappa shape index (κ1) is 23.1. The van der Waals surface area contributed by atoms with Gasteiger partial charge in [-0.05, 0) is 32.3 Å². The molecule has 3 heterocycles. The molecular weight excluding hydrogens is 464 g/mol. The van der Waals surface area contributed by atoms with Gasteiger partial charge in [0, 0.05) is 31.2 Å². The van der Waals surface area contributed by atoms with Gasteiger partial charge in [-0.2, -0.15) is 0 Å². The van der Waals surface area contributed by atoms with Crippen LogP contribution in [0.25, 0.3) is 11.2 Å². The molecule has 0 amide bonds. The number of likely N-dealkylation sites (N-methyl/N-ethyl adjacent to an activating group) is 1. The fourth-order valence-corrected chi connectivity index (χ4v) is 6.20. The number of ether oxygens (including phenoxy) is 2. The molecule has 2 aromatic heterocycles. The topological polar surface area (TPSA) is 98.4 Å². The van der Waals surface area contributed by atoms with Crippen LogP contribution in [0, 0.1) is 0 Å². The SMILES string of the molecule is CCCSc1nc(N(C)[C@@H]2C[C@H]2c2ccccc2)c2nnn([C@@H]3C[C@H](O)[C@H]4OC(C)(C)O[C@H]43)c2n1. The van der Waals surface area contributed by atoms with Crippen molar-refractivity contribution >= 4 is 28.7 Å². The summed E-state index contributed by atoms with van der Waals surface area (Å²) in [7, 11) is 2.09. The Kier molecular flexibility index (Phi) is 5.75. The predicted octanol–water partition coefficient (Wildman–Crippen LogP) is 3.54. The maximum absolute atomic E-state index is 10.7. The molecule has 0 unspecified atom stereocenters. The minimum absolute atomic E-state index is 0.211. The van der Waals surface area contributed by atoms with Crippen molar-refractivity contribution in [3.05, 3.63) is 35.9 Å². The van der Waals surface area contributed by atoms with Crippen LogP contribution < -0.4 is 4.90 Å². The molecule has 1 aromatic carbocycles. The third-order valence-corrected chi connectivity index (χ3v) is 8.31. The molecule has 35 heavy (non-hydrogen) atoms. The third-order valence-electron chi connectivity index (χ3n) is 7.26. The number of aliphatic hydroxyl groups excluding tert-OH is 1. The molecule has 6 atom stereocenters. The lowest BCUT2D eigenvalue weighted by Crippen LogP contribution is -2.29. The minimum Gasteiger partial charge on any atom is -0.390 e. The van der Waals surface area contributed by atoms with Gasteiger partial charge in [-0.25, -0.2) is 14.6 Å². The molecule has 3 aliphatic rings. The van der Waals surface area contributed by atoms with E-state index in [2.05, 4.69) is 59.5 Å². The third kappa shape index (κ3) is 4.10. The largest absolute Gasteiger partial charge is 0.390 e. The number of aromatic nitrogens is 5. The van der Waals surface area contributed by atoms with E-state index < -0.39 is 11.9 Å². The van der Waals surface area contributed by atoms with Gasteiger partial charge in [0.15, 0.2) is 27.9 Å². The van der Waals surface area contributed by atoms with Gasteiger partial charge in [0.1, 0.15) is 12.2 Å². The van der Waals surface area contributed by atoms with Crippen LogP contribution >= 0.6 is 11.8 Å². The minimum atomic E-state index is -0.744. The van der Waals surface area contributed by atoms with E-state index >= 15 is 0 Å². The number of rotatable bonds is 7. The Labute approximate surface area is 209 Å². The number of fused-ring (bicyclic) bond motifs is 2. The Bertz CT molecular complexity index is 1220. The predicted molar refractivity (Wildman–Crippen MR) is 134 cm³/mol. The molecule has 3 fully saturated rings. The van der Waals surface area contributed by atoms with Crippen molar-refractivity contribution in [3.8, 4) is 0 Å². The van der Waals surface area contributed by atoms with Crippen LogP contribution in [0.2, 0.25) is 0 Å². The van der Waals surface area contributed by atoms with Crippen LogP contribution in [0.1, 0.15) is 57.6 Å². The summed E-state index contributed by atoms with van der Waals surface area (Å²) in [5.74, 6) is 1.48. The van der Waals surface area contributed by atoms with Gasteiger partial charge in [0.05, 0.1) is 12.1 Å². The number of benzene rings is 1. The Hall–Kier alpha value is -2.27. The standard InChI is InChI=1S/C25H32N6O3S/c1-5-11-35-24-26-22(30(4)16-12-15(16)14-9-7-6-8-10-14)19-23(27-24)31(29-28-19)17-13-18(32)21-20(17)33-25(2,3)34-21/h6-10,15-18,20-21,32H,5,11-13H2,1-4H3/t15-,16+,17+,18-,20-,21+/m0/s1. The van der Waals surface area contributed by atoms with Crippen molar-refractivity contribution in [1.29, 1.82) is 0 Å². The molecule has 1 saturated heterocycles. The summed E-state index contributed by atoms with van der Waals surface area (Å²) < 4.78 is 14.0. The lowest BCUT2D eigenvalue weighted by atomic mass is 10.1. The van der Waals surface area contributed by atoms with E-state index in [9.17, 15) is 5.11 Å². The fraction of sp³-hybridized carbons (Fsp3) is 0.600. The summed E-state index contributed by atoms with van der Waals surface area (Å²) in [6, 6.07) is 10.8. The van der Waals surface area contributed by atoms with E-state index in [-0.39, 0.29) is 18.2 Å². The molecule has 3 aromatic rings. The average Bonchev–Trinajstić information content (AvgIpc) is 3.32. The summed E-state index contributed by atoms with van der Waals surface area (Å²) >= 11 is 1.65. The zero-order chi connectivity index (χ0) is 24.3. The van der Waals surface area contributed by atoms with Gasteiger partial charge in [-0.15, -0.1) is 5.10 Å². The van der Waals surface area contributed by atoms with Gasteiger partial charge in [0.2, 0.25) is 0 Å². The number of aliphatic hydroxyl groups is 1. The Morgan fingerprint density at radius 3 is 2.69 bits per heavy atom. The van der Waals surface area contributed by atoms with Gasteiger partial charge in [-0.3, -0.25) is 0 Å². The zero-order valence-corrected chi connectivity index (χ0v) is 21.4. The molecule has 0 spiro atoms. The van der Waals surface area contributed by atoms with E-state index in [1.807, 2.05) is 18.5 Å². The summed E-state index contributed by atoms with van der Waals surface area (Å²) in [6.07, 6.45) is 1.28. The second-order valence-electron chi connectivity index (χ2n) is 10.3. The molecule has 1 aliphatic heterocycles. The van der Waals surface area contributed by atoms with Crippen molar-refractivity contribution in [2.24, 2.45) is 0 Å². The van der Waals surface area contributed by atoms with Crippen molar-refractivity contribution < 1.29 is 14.6 Å². The number of hydrogen-bond donors (Lipinski definition) is 1. The number of hydrogen-bond acceptors (Lipinski definition) is 9. The maximum Gasteiger partial charge on any atom is 0.191 e. The highest BCUT2D eigenvalue weighted by molar-refractivity contribution is 7.99. The van der Waals surface area contributed by atoms with Crippen LogP contribution in [0.5, 0.6) is 0 Å². The van der Waals surface area contributed by atoms with Crippen LogP contribution in [-0.2, 0) is 9.47 Å². The Morgan fingerprint density at radius 2 is 1.91 bits per heavy atom. The molecule has 1 N–H and O–H groups in total. The highest BCUT2D eigenvalue weighted by Crippen LogP contribution is 2.47. The molecule has 0 bridgehead atoms. The number of thioether (sulfide) groups is 1. The van der Waals surface area contributed by atoms with Gasteiger partial charge < -0.3 is 19.5 Å². The quantitative estimate of drug-likeness (QED) is 0.389. The summed E-state index contributed by atoms with van der Waals surface area (Å²) in [5, 5.41) is 20.5. The van der Waals surface area contributed by atoms with E-state index in [1.165, 1.54) is 5.56 Å². The second-order valence-corrected chi connectivity index (χ2v) is 11.3. The average molecular weight is 497 g/mol. The van der Waals surface area contributed by atoms with Crippen LogP contribution in [0.4, 0.5) is 5.82 Å². The number of nitrogens with zero attached hydrogens (tertiary/aromatic N) is 6. The summed E-state index contributed by atoms with van der Waals surface area (Å²) in [4.78, 5) is 12.0. The molecule has 6 rings (SSSR count). The normalized spacial score (nSPS) is 31.1. The maximum atomic E-state index is 10.7. The zero-order valence-electron chi connectivity index (χ0n) is 20.5. The molecule has 186 valence electrons. The first-order chi connectivity index (χ1) is 16.9. The van der Waals surface area contributed by atoms with Gasteiger partial charge >= 0.3 is 0 Å². The van der Waals surface area contributed by atoms with Gasteiger partial charge in [0.25, 0.3) is 0 Å². The van der Waals surface area contributed by atoms with Crippen LogP contribution in [0.15, 0.2) is 35.5 Å². The molecule has 9 nitrogen and oxygen atoms in total. The van der Waals surface area contributed by atoms with Crippen molar-refractivity contribution in [1.82, 2.24) is 25.0 Å². The van der Waals surface area contributed by atoms with Crippen molar-refractivity contribution in [2.45, 2.75) is 87.3 Å². The summed E-state index contributed by atoms with van der Waals surface area (Å²) in [5.41, 5.74) is 2.72. The lowest BCUT2D eigenvalue weighted by molar-refractivity contribution is -0.165. The highest BCUT2D eigenvalue weighted by Gasteiger charge is 2.55. The lowest BCUT2D eigenvalue weighted by Gasteiger charge is -2.23. The van der Waals surface area contributed by atoms with E-state index in [1.54, 1.807) is 11.8 Å². The van der Waals surface area contributed by atoms with Crippen LogP contribution in [-0.4, -0.2) is 73.0 Å². The van der Waals surface area contributed by atoms with Gasteiger partial charge in [-0.1, -0.05) is 54.2 Å². The van der Waals surface area contributed by atoms with E-state index in [4.69, 9.17) is 19.4 Å². The monoisotopic (exact) mass is 496 g/mol. The Morgan fingerprint density at radius 1 is 1.14 bits per heavy atom. The smallest absolute Gasteiger partial charge is 0.191 e. The van der Waals surface area contributed by atoms with Crippen molar-refractivity contribution in [2.75, 3.05) is 17.7 Å².